The Morgan fingerprint density at radius 1 is 1.35 bits per heavy atom. The van der Waals surface area contributed by atoms with Crippen LogP contribution in [0.1, 0.15) is 31.2 Å². The van der Waals surface area contributed by atoms with Gasteiger partial charge in [0.15, 0.2) is 0 Å². The minimum absolute atomic E-state index is 0.130. The van der Waals surface area contributed by atoms with Crippen molar-refractivity contribution in [2.45, 2.75) is 50.2 Å². The largest absolute Gasteiger partial charge is 0.327 e. The number of halogens is 2. The summed E-state index contributed by atoms with van der Waals surface area (Å²) in [5.41, 5.74) is 7.42. The molecule has 110 valence electrons. The minimum Gasteiger partial charge on any atom is -0.327 e. The molecule has 2 nitrogen and oxygen atoms in total. The molecule has 0 spiro atoms. The van der Waals surface area contributed by atoms with Gasteiger partial charge in [0.25, 0.3) is 0 Å². The van der Waals surface area contributed by atoms with E-state index in [-0.39, 0.29) is 11.9 Å². The second-order valence-corrected chi connectivity index (χ2v) is 7.16. The molecule has 2 aliphatic rings. The molecule has 3 rings (SSSR count). The molecule has 1 aromatic carbocycles. The molecular formula is C16H22BrFN2. The molecule has 3 atom stereocenters. The Morgan fingerprint density at radius 3 is 2.65 bits per heavy atom. The lowest BCUT2D eigenvalue weighted by Crippen LogP contribution is -2.46. The topological polar surface area (TPSA) is 29.3 Å². The van der Waals surface area contributed by atoms with Gasteiger partial charge in [-0.3, -0.25) is 0 Å². The third-order valence-corrected chi connectivity index (χ3v) is 6.12. The Bertz CT molecular complexity index is 479. The van der Waals surface area contributed by atoms with Crippen molar-refractivity contribution >= 4 is 15.9 Å². The molecule has 0 aliphatic carbocycles. The van der Waals surface area contributed by atoms with Crippen molar-refractivity contribution in [3.05, 3.63) is 34.1 Å². The normalized spacial score (nSPS) is 31.5. The summed E-state index contributed by atoms with van der Waals surface area (Å²) >= 11 is 3.34. The van der Waals surface area contributed by atoms with E-state index < -0.39 is 0 Å². The number of benzene rings is 1. The van der Waals surface area contributed by atoms with Gasteiger partial charge in [0, 0.05) is 18.1 Å². The van der Waals surface area contributed by atoms with Crippen molar-refractivity contribution in [1.29, 1.82) is 0 Å². The summed E-state index contributed by atoms with van der Waals surface area (Å²) in [7, 11) is 2.24. The van der Waals surface area contributed by atoms with Crippen LogP contribution in [0.3, 0.4) is 0 Å². The Hall–Kier alpha value is -0.450. The van der Waals surface area contributed by atoms with Crippen molar-refractivity contribution in [2.75, 3.05) is 7.05 Å². The van der Waals surface area contributed by atoms with Crippen LogP contribution in [0.4, 0.5) is 4.39 Å². The fourth-order valence-corrected chi connectivity index (χ4v) is 4.36. The van der Waals surface area contributed by atoms with Crippen molar-refractivity contribution in [2.24, 2.45) is 11.7 Å². The molecule has 2 saturated heterocycles. The molecule has 2 N–H and O–H groups in total. The second-order valence-electron chi connectivity index (χ2n) is 6.36. The number of piperidine rings is 1. The Morgan fingerprint density at radius 2 is 2.00 bits per heavy atom. The van der Waals surface area contributed by atoms with E-state index in [0.717, 1.165) is 12.0 Å². The van der Waals surface area contributed by atoms with Crippen LogP contribution in [0.5, 0.6) is 0 Å². The van der Waals surface area contributed by atoms with Gasteiger partial charge in [-0.1, -0.05) is 12.1 Å². The lowest BCUT2D eigenvalue weighted by Gasteiger charge is -2.38. The summed E-state index contributed by atoms with van der Waals surface area (Å²) < 4.78 is 14.1. The van der Waals surface area contributed by atoms with Gasteiger partial charge in [-0.15, -0.1) is 0 Å². The van der Waals surface area contributed by atoms with Crippen LogP contribution in [-0.2, 0) is 6.42 Å². The van der Waals surface area contributed by atoms with E-state index in [4.69, 9.17) is 5.73 Å². The van der Waals surface area contributed by atoms with Crippen molar-refractivity contribution < 1.29 is 4.39 Å². The van der Waals surface area contributed by atoms with E-state index in [2.05, 4.69) is 27.9 Å². The lowest BCUT2D eigenvalue weighted by molar-refractivity contribution is 0.120. The zero-order valence-electron chi connectivity index (χ0n) is 11.9. The monoisotopic (exact) mass is 340 g/mol. The van der Waals surface area contributed by atoms with Crippen LogP contribution in [0, 0.1) is 11.7 Å². The first kappa shape index (κ1) is 14.5. The maximum absolute atomic E-state index is 13.6. The molecule has 0 aromatic heterocycles. The molecule has 2 heterocycles. The Labute approximate surface area is 128 Å². The van der Waals surface area contributed by atoms with E-state index in [1.54, 1.807) is 6.07 Å². The Kier molecular flexibility index (Phi) is 4.16. The smallest absolute Gasteiger partial charge is 0.137 e. The summed E-state index contributed by atoms with van der Waals surface area (Å²) in [6.45, 7) is 0. The SMILES string of the molecule is CN1C2CCC1CC(C(N)Cc1cccc(F)c1Br)C2. The van der Waals surface area contributed by atoms with Crippen LogP contribution in [-0.4, -0.2) is 30.1 Å². The van der Waals surface area contributed by atoms with E-state index in [9.17, 15) is 4.39 Å². The van der Waals surface area contributed by atoms with E-state index in [0.29, 0.717) is 22.5 Å². The van der Waals surface area contributed by atoms with Gasteiger partial charge in [0.2, 0.25) is 0 Å². The summed E-state index contributed by atoms with van der Waals surface area (Å²) in [5.74, 6) is 0.372. The number of hydrogen-bond donors (Lipinski definition) is 1. The van der Waals surface area contributed by atoms with Gasteiger partial charge in [-0.2, -0.15) is 0 Å². The number of nitrogens with zero attached hydrogens (tertiary/aromatic N) is 1. The van der Waals surface area contributed by atoms with Crippen molar-refractivity contribution in [3.63, 3.8) is 0 Å². The first-order chi connectivity index (χ1) is 9.56. The predicted molar refractivity (Wildman–Crippen MR) is 83.1 cm³/mol. The van der Waals surface area contributed by atoms with Crippen LogP contribution >= 0.6 is 15.9 Å². The highest BCUT2D eigenvalue weighted by Gasteiger charge is 2.40. The molecule has 4 heteroatoms. The number of rotatable bonds is 3. The highest BCUT2D eigenvalue weighted by molar-refractivity contribution is 9.10. The van der Waals surface area contributed by atoms with Gasteiger partial charge < -0.3 is 10.6 Å². The molecule has 3 unspecified atom stereocenters. The third-order valence-electron chi connectivity index (χ3n) is 5.23. The van der Waals surface area contributed by atoms with Gasteiger partial charge in [0.05, 0.1) is 4.47 Å². The second kappa shape index (κ2) is 5.74. The molecule has 20 heavy (non-hydrogen) atoms. The van der Waals surface area contributed by atoms with Gasteiger partial charge in [-0.25, -0.2) is 4.39 Å². The maximum Gasteiger partial charge on any atom is 0.137 e. The molecule has 0 radical (unpaired) electrons. The van der Waals surface area contributed by atoms with Gasteiger partial charge in [-0.05, 0) is 72.6 Å². The van der Waals surface area contributed by atoms with Crippen LogP contribution in [0.2, 0.25) is 0 Å². The number of hydrogen-bond acceptors (Lipinski definition) is 2. The fraction of sp³-hybridized carbons (Fsp3) is 0.625. The number of fused-ring (bicyclic) bond motifs is 2. The molecule has 2 bridgehead atoms. The van der Waals surface area contributed by atoms with Gasteiger partial charge in [0.1, 0.15) is 5.82 Å². The van der Waals surface area contributed by atoms with Crippen molar-refractivity contribution in [1.82, 2.24) is 4.90 Å². The predicted octanol–water partition coefficient (Wildman–Crippen LogP) is 3.33. The molecule has 2 aliphatic heterocycles. The van der Waals surface area contributed by atoms with Crippen molar-refractivity contribution in [3.8, 4) is 0 Å². The maximum atomic E-state index is 13.6. The average molecular weight is 341 g/mol. The van der Waals surface area contributed by atoms with Crippen LogP contribution in [0.15, 0.2) is 22.7 Å². The summed E-state index contributed by atoms with van der Waals surface area (Å²) in [5, 5.41) is 0. The minimum atomic E-state index is -0.196. The molecular weight excluding hydrogens is 319 g/mol. The first-order valence-corrected chi connectivity index (χ1v) is 8.26. The molecule has 0 saturated carbocycles. The van der Waals surface area contributed by atoms with Gasteiger partial charge >= 0.3 is 0 Å². The van der Waals surface area contributed by atoms with E-state index in [1.165, 1.54) is 31.7 Å². The lowest BCUT2D eigenvalue weighted by atomic mass is 9.83. The van der Waals surface area contributed by atoms with E-state index >= 15 is 0 Å². The quantitative estimate of drug-likeness (QED) is 0.914. The molecule has 0 amide bonds. The molecule has 2 fully saturated rings. The zero-order valence-corrected chi connectivity index (χ0v) is 13.4. The number of nitrogens with two attached hydrogens (primary N) is 1. The Balaban J connectivity index is 1.68. The van der Waals surface area contributed by atoms with E-state index in [1.807, 2.05) is 6.07 Å². The van der Waals surface area contributed by atoms with Crippen LogP contribution in [0.25, 0.3) is 0 Å². The average Bonchev–Trinajstić information content (AvgIpc) is 2.66. The third kappa shape index (κ3) is 2.66. The standard InChI is InChI=1S/C16H22BrFN2/c1-20-12-5-6-13(20)8-11(7-12)15(19)9-10-3-2-4-14(18)16(10)17/h2-4,11-13,15H,5-9,19H2,1H3. The van der Waals surface area contributed by atoms with Crippen LogP contribution < -0.4 is 5.73 Å². The highest BCUT2D eigenvalue weighted by Crippen LogP contribution is 2.39. The highest BCUT2D eigenvalue weighted by atomic mass is 79.9. The summed E-state index contributed by atoms with van der Waals surface area (Å²) in [6.07, 6.45) is 5.77. The zero-order chi connectivity index (χ0) is 14.3. The first-order valence-electron chi connectivity index (χ1n) is 7.46. The fourth-order valence-electron chi connectivity index (χ4n) is 3.93. The summed E-state index contributed by atoms with van der Waals surface area (Å²) in [6, 6.07) is 6.76. The summed E-state index contributed by atoms with van der Waals surface area (Å²) in [4.78, 5) is 2.53. The molecule has 1 aromatic rings.